The zero-order valence-corrected chi connectivity index (χ0v) is 17.4. The van der Waals surface area contributed by atoms with E-state index in [9.17, 15) is 9.90 Å². The first kappa shape index (κ1) is 19.4. The number of rotatable bonds is 4. The maximum Gasteiger partial charge on any atom is 1.00 e. The quantitative estimate of drug-likeness (QED) is 0.641. The van der Waals surface area contributed by atoms with E-state index in [0.29, 0.717) is 5.02 Å². The molecule has 0 unspecified atom stereocenters. The Morgan fingerprint density at radius 1 is 1.21 bits per heavy atom. The van der Waals surface area contributed by atoms with Crippen LogP contribution in [0.2, 0.25) is 5.02 Å². The molecular weight excluding hydrogens is 353 g/mol. The molecule has 0 amide bonds. The zero-order valence-electron chi connectivity index (χ0n) is 13.8. The molecule has 0 saturated heterocycles. The summed E-state index contributed by atoms with van der Waals surface area (Å²) in [5.41, 5.74) is 2.96. The number of hydrogen-bond donors (Lipinski definition) is 0. The molecule has 0 saturated carbocycles. The van der Waals surface area contributed by atoms with E-state index in [1.165, 1.54) is 0 Å². The molecule has 0 N–H and O–H groups in total. The minimum absolute atomic E-state index is 0. The van der Waals surface area contributed by atoms with Crippen LogP contribution >= 0.6 is 23.4 Å². The Kier molecular flexibility index (Phi) is 6.46. The van der Waals surface area contributed by atoms with Crippen molar-refractivity contribution in [1.29, 1.82) is 0 Å². The van der Waals surface area contributed by atoms with Crippen molar-refractivity contribution in [2.75, 3.05) is 0 Å². The molecular formula is C18H15ClNNaO2S. The number of carbonyl (C=O) groups is 1. The van der Waals surface area contributed by atoms with Crippen LogP contribution in [0.4, 0.5) is 0 Å². The predicted molar refractivity (Wildman–Crippen MR) is 92.0 cm³/mol. The van der Waals surface area contributed by atoms with Gasteiger partial charge in [0.05, 0.1) is 12.5 Å². The van der Waals surface area contributed by atoms with Crippen LogP contribution in [0.3, 0.4) is 0 Å². The van der Waals surface area contributed by atoms with Crippen molar-refractivity contribution >= 4 is 40.2 Å². The van der Waals surface area contributed by atoms with Crippen LogP contribution < -0.4 is 34.7 Å². The summed E-state index contributed by atoms with van der Waals surface area (Å²) in [6.45, 7) is 3.81. The number of carboxylic acids is 1. The molecule has 6 heteroatoms. The molecule has 1 aromatic heterocycles. The second-order valence-corrected chi connectivity index (χ2v) is 6.97. The van der Waals surface area contributed by atoms with Gasteiger partial charge in [-0.2, -0.15) is 0 Å². The van der Waals surface area contributed by atoms with E-state index < -0.39 is 5.97 Å². The molecule has 3 nitrogen and oxygen atoms in total. The van der Waals surface area contributed by atoms with Crippen LogP contribution in [0.1, 0.15) is 11.3 Å². The molecule has 0 aliphatic carbocycles. The number of fused-ring (bicyclic) bond motifs is 1. The number of aryl methyl sites for hydroxylation is 1. The van der Waals surface area contributed by atoms with Crippen molar-refractivity contribution in [2.45, 2.75) is 30.2 Å². The van der Waals surface area contributed by atoms with Crippen molar-refractivity contribution in [3.63, 3.8) is 0 Å². The third-order valence-electron chi connectivity index (χ3n) is 3.72. The Balaban J connectivity index is 0.00000208. The van der Waals surface area contributed by atoms with E-state index in [1.54, 1.807) is 16.3 Å². The summed E-state index contributed by atoms with van der Waals surface area (Å²) in [6, 6.07) is 13.7. The Morgan fingerprint density at radius 2 is 1.96 bits per heavy atom. The van der Waals surface area contributed by atoms with Gasteiger partial charge in [0, 0.05) is 31.4 Å². The number of carbonyl (C=O) groups excluding carboxylic acids is 1. The van der Waals surface area contributed by atoms with Crippen LogP contribution in [0, 0.1) is 13.8 Å². The van der Waals surface area contributed by atoms with Gasteiger partial charge in [-0.3, -0.25) is 0 Å². The van der Waals surface area contributed by atoms with Crippen LogP contribution in [-0.4, -0.2) is 10.5 Å². The minimum Gasteiger partial charge on any atom is -0.548 e. The van der Waals surface area contributed by atoms with E-state index in [-0.39, 0.29) is 36.1 Å². The van der Waals surface area contributed by atoms with Gasteiger partial charge in [-0.15, -0.1) is 0 Å². The van der Waals surface area contributed by atoms with E-state index in [1.807, 2.05) is 50.2 Å². The molecule has 2 aromatic carbocycles. The summed E-state index contributed by atoms with van der Waals surface area (Å²) >= 11 is 7.66. The number of nitrogens with zero attached hydrogens (tertiary/aromatic N) is 1. The summed E-state index contributed by atoms with van der Waals surface area (Å²) in [7, 11) is 0. The number of aromatic nitrogens is 1. The zero-order chi connectivity index (χ0) is 16.6. The number of hydrogen-bond acceptors (Lipinski definition) is 3. The van der Waals surface area contributed by atoms with Gasteiger partial charge in [-0.25, -0.2) is 0 Å². The fraction of sp³-hybridized carbons (Fsp3) is 0.167. The van der Waals surface area contributed by atoms with Gasteiger partial charge in [-0.1, -0.05) is 41.1 Å². The van der Waals surface area contributed by atoms with E-state index in [2.05, 4.69) is 6.07 Å². The summed E-state index contributed by atoms with van der Waals surface area (Å²) in [5, 5.41) is 12.8. The third kappa shape index (κ3) is 4.01. The Hall–Kier alpha value is -0.910. The Bertz CT molecular complexity index is 907. The second-order valence-electron chi connectivity index (χ2n) is 5.45. The van der Waals surface area contributed by atoms with Gasteiger partial charge in [0.2, 0.25) is 0 Å². The molecule has 0 fully saturated rings. The molecule has 0 radical (unpaired) electrons. The summed E-state index contributed by atoms with van der Waals surface area (Å²) in [5.74, 6) is -1.09. The van der Waals surface area contributed by atoms with Gasteiger partial charge >= 0.3 is 29.6 Å². The number of benzene rings is 2. The van der Waals surface area contributed by atoms with Gasteiger partial charge in [0.25, 0.3) is 0 Å². The molecule has 0 bridgehead atoms. The first-order valence-electron chi connectivity index (χ1n) is 7.18. The average Bonchev–Trinajstić information content (AvgIpc) is 2.72. The first-order chi connectivity index (χ1) is 11.0. The van der Waals surface area contributed by atoms with Gasteiger partial charge in [0.15, 0.2) is 0 Å². The van der Waals surface area contributed by atoms with Gasteiger partial charge < -0.3 is 14.5 Å². The largest absolute Gasteiger partial charge is 1.00 e. The number of aliphatic carboxylic acids is 1. The van der Waals surface area contributed by atoms with Crippen LogP contribution in [0.5, 0.6) is 0 Å². The maximum absolute atomic E-state index is 11.1. The van der Waals surface area contributed by atoms with Crippen LogP contribution in [0.15, 0.2) is 52.3 Å². The molecule has 24 heavy (non-hydrogen) atoms. The minimum atomic E-state index is -1.09. The smallest absolute Gasteiger partial charge is 0.548 e. The summed E-state index contributed by atoms with van der Waals surface area (Å²) in [6.07, 6.45) is 0. The third-order valence-corrected chi connectivity index (χ3v) is 5.17. The molecule has 1 heterocycles. The maximum atomic E-state index is 11.1. The summed E-state index contributed by atoms with van der Waals surface area (Å²) < 4.78 is 1.79. The standard InChI is InChI=1S/C18H16ClNO2S.Na/c1-11-6-7-16-15(8-11)18(12(2)20(16)10-17(21)22)23-14-5-3-4-13(19)9-14;/h3-9H,10H2,1-2H3,(H,21,22);/q;+1/p-1. The molecule has 118 valence electrons. The molecule has 3 aromatic rings. The van der Waals surface area contributed by atoms with Crippen LogP contribution in [-0.2, 0) is 11.3 Å². The van der Waals surface area contributed by atoms with Crippen molar-refractivity contribution in [3.05, 3.63) is 58.7 Å². The molecule has 3 rings (SSSR count). The fourth-order valence-corrected chi connectivity index (χ4v) is 4.03. The van der Waals surface area contributed by atoms with Crippen molar-refractivity contribution in [2.24, 2.45) is 0 Å². The topological polar surface area (TPSA) is 45.1 Å². The van der Waals surface area contributed by atoms with E-state index in [4.69, 9.17) is 11.6 Å². The van der Waals surface area contributed by atoms with Crippen molar-refractivity contribution < 1.29 is 39.5 Å². The van der Waals surface area contributed by atoms with Gasteiger partial charge in [-0.05, 0) is 44.2 Å². The Morgan fingerprint density at radius 3 is 2.62 bits per heavy atom. The fourth-order valence-electron chi connectivity index (χ4n) is 2.68. The normalized spacial score (nSPS) is 10.6. The molecule has 0 aliphatic rings. The molecule has 0 spiro atoms. The second kappa shape index (κ2) is 7.98. The predicted octanol–water partition coefficient (Wildman–Crippen LogP) is 0.817. The van der Waals surface area contributed by atoms with Crippen molar-refractivity contribution in [1.82, 2.24) is 4.57 Å². The average molecular weight is 368 g/mol. The number of halogens is 1. The molecule has 0 aliphatic heterocycles. The number of carboxylic acid groups (broad SMARTS) is 1. The van der Waals surface area contributed by atoms with E-state index in [0.717, 1.165) is 32.0 Å². The van der Waals surface area contributed by atoms with Gasteiger partial charge in [0.1, 0.15) is 0 Å². The monoisotopic (exact) mass is 367 g/mol. The van der Waals surface area contributed by atoms with Crippen molar-refractivity contribution in [3.8, 4) is 0 Å². The van der Waals surface area contributed by atoms with E-state index >= 15 is 0 Å². The van der Waals surface area contributed by atoms with Crippen LogP contribution in [0.25, 0.3) is 10.9 Å². The SMILES string of the molecule is Cc1ccc2c(c1)c(Sc1cccc(Cl)c1)c(C)n2CC(=O)[O-].[Na+]. The summed E-state index contributed by atoms with van der Waals surface area (Å²) in [4.78, 5) is 13.2. The molecule has 0 atom stereocenters. The Labute approximate surface area is 172 Å². The first-order valence-corrected chi connectivity index (χ1v) is 8.38.